The van der Waals surface area contributed by atoms with Crippen molar-refractivity contribution in [1.82, 2.24) is 0 Å². The fraction of sp³-hybridized carbons (Fsp3) is 0.950. The van der Waals surface area contributed by atoms with Crippen LogP contribution in [-0.2, 0) is 13.6 Å². The van der Waals surface area contributed by atoms with Crippen molar-refractivity contribution >= 4 is 22.6 Å². The Kier molecular flexibility index (Phi) is 5.08. The Labute approximate surface area is 161 Å². The number of carboxylic acids is 1. The van der Waals surface area contributed by atoms with Gasteiger partial charge in [-0.1, -0.05) is 6.92 Å². The minimum atomic E-state index is -1.93. The molecule has 4 unspecified atom stereocenters. The van der Waals surface area contributed by atoms with Crippen molar-refractivity contribution in [3.8, 4) is 0 Å². The molecule has 4 rings (SSSR count). The second-order valence-corrected chi connectivity index (χ2v) is 20.2. The first kappa shape index (κ1) is 20.6. The van der Waals surface area contributed by atoms with E-state index in [-0.39, 0.29) is 5.92 Å². The molecule has 4 aliphatic rings. The average molecular weight is 399 g/mol. The minimum absolute atomic E-state index is 0.113. The molecule has 4 aliphatic carbocycles. The largest absolute Gasteiger partial charge is 0.481 e. The van der Waals surface area contributed by atoms with Crippen molar-refractivity contribution in [2.45, 2.75) is 83.9 Å². The highest BCUT2D eigenvalue weighted by Crippen LogP contribution is 2.68. The first-order valence-corrected chi connectivity index (χ1v) is 17.2. The van der Waals surface area contributed by atoms with Crippen molar-refractivity contribution in [2.24, 2.45) is 29.1 Å². The van der Waals surface area contributed by atoms with Crippen molar-refractivity contribution in [1.29, 1.82) is 0 Å². The molecule has 0 spiro atoms. The SMILES string of the molecule is CC(CO[Si](C)(C)C)C1(O[Si](C)(C)C)C2CC3CC(C2)CC1(C(=O)O)C3. The monoisotopic (exact) mass is 398 g/mol. The maximum Gasteiger partial charge on any atom is 0.312 e. The van der Waals surface area contributed by atoms with Gasteiger partial charge in [0.1, 0.15) is 0 Å². The van der Waals surface area contributed by atoms with E-state index in [2.05, 4.69) is 46.2 Å². The first-order valence-electron chi connectivity index (χ1n) is 10.4. The van der Waals surface area contributed by atoms with Crippen LogP contribution in [0.4, 0.5) is 0 Å². The summed E-state index contributed by atoms with van der Waals surface area (Å²) in [7, 11) is -3.59. The molecule has 0 amide bonds. The molecule has 0 radical (unpaired) electrons. The molecule has 0 heterocycles. The van der Waals surface area contributed by atoms with Gasteiger partial charge in [0.15, 0.2) is 16.6 Å². The van der Waals surface area contributed by atoms with E-state index in [0.717, 1.165) is 25.7 Å². The van der Waals surface area contributed by atoms with Gasteiger partial charge in [-0.15, -0.1) is 0 Å². The predicted molar refractivity (Wildman–Crippen MR) is 109 cm³/mol. The lowest BCUT2D eigenvalue weighted by molar-refractivity contribution is -0.248. The smallest absolute Gasteiger partial charge is 0.312 e. The maximum absolute atomic E-state index is 12.8. The van der Waals surface area contributed by atoms with Crippen LogP contribution >= 0.6 is 0 Å². The highest BCUT2D eigenvalue weighted by molar-refractivity contribution is 6.70. The maximum atomic E-state index is 12.8. The van der Waals surface area contributed by atoms with Crippen molar-refractivity contribution in [3.05, 3.63) is 0 Å². The van der Waals surface area contributed by atoms with Crippen molar-refractivity contribution < 1.29 is 18.8 Å². The van der Waals surface area contributed by atoms with Gasteiger partial charge in [-0.2, -0.15) is 0 Å². The standard InChI is InChI=1S/C20H38O4Si2/c1-14(13-23-25(2,3)4)20(24-26(5,6)7)17-9-15-8-16(10-17)12-19(20,11-15)18(21)22/h14-17H,8-13H2,1-7H3,(H,21,22). The molecule has 6 heteroatoms. The zero-order valence-electron chi connectivity index (χ0n) is 17.7. The lowest BCUT2D eigenvalue weighted by Crippen LogP contribution is -2.73. The van der Waals surface area contributed by atoms with E-state index in [1.54, 1.807) is 0 Å². The second-order valence-electron chi connectivity index (χ2n) is 11.3. The molecule has 0 aromatic heterocycles. The fourth-order valence-electron chi connectivity index (χ4n) is 6.53. The van der Waals surface area contributed by atoms with E-state index in [4.69, 9.17) is 8.85 Å². The Bertz CT molecular complexity index is 551. The molecule has 4 atom stereocenters. The van der Waals surface area contributed by atoms with Gasteiger partial charge in [-0.3, -0.25) is 4.79 Å². The van der Waals surface area contributed by atoms with Gasteiger partial charge in [0, 0.05) is 12.5 Å². The topological polar surface area (TPSA) is 55.8 Å². The number of hydrogen-bond donors (Lipinski definition) is 1. The number of carboxylic acid groups (broad SMARTS) is 1. The molecule has 150 valence electrons. The van der Waals surface area contributed by atoms with Crippen LogP contribution in [0.5, 0.6) is 0 Å². The summed E-state index contributed by atoms with van der Waals surface area (Å²) in [5, 5.41) is 10.5. The summed E-state index contributed by atoms with van der Waals surface area (Å²) in [5.41, 5.74) is -1.28. The third kappa shape index (κ3) is 3.35. The molecule has 26 heavy (non-hydrogen) atoms. The summed E-state index contributed by atoms with van der Waals surface area (Å²) in [6.45, 7) is 16.1. The van der Waals surface area contributed by atoms with E-state index in [1.807, 2.05) is 0 Å². The normalized spacial score (nSPS) is 40.7. The third-order valence-electron chi connectivity index (χ3n) is 6.91. The van der Waals surface area contributed by atoms with Gasteiger partial charge in [-0.25, -0.2) is 0 Å². The van der Waals surface area contributed by atoms with Gasteiger partial charge in [0.25, 0.3) is 0 Å². The van der Waals surface area contributed by atoms with Gasteiger partial charge in [0.2, 0.25) is 0 Å². The fourth-order valence-corrected chi connectivity index (χ4v) is 8.86. The molecule has 4 fully saturated rings. The Morgan fingerprint density at radius 2 is 1.58 bits per heavy atom. The van der Waals surface area contributed by atoms with E-state index < -0.39 is 33.6 Å². The summed E-state index contributed by atoms with van der Waals surface area (Å²) in [6, 6.07) is 0. The molecule has 0 aromatic carbocycles. The lowest BCUT2D eigenvalue weighted by Gasteiger charge is -2.68. The van der Waals surface area contributed by atoms with Crippen LogP contribution < -0.4 is 0 Å². The Hall–Kier alpha value is -0.176. The highest BCUT2D eigenvalue weighted by Gasteiger charge is 2.71. The third-order valence-corrected chi connectivity index (χ3v) is 8.90. The molecule has 4 bridgehead atoms. The molecule has 4 saturated carbocycles. The molecule has 4 nitrogen and oxygen atoms in total. The average Bonchev–Trinajstić information content (AvgIpc) is 2.45. The number of aliphatic carboxylic acids is 1. The second kappa shape index (κ2) is 6.43. The highest BCUT2D eigenvalue weighted by atomic mass is 28.4. The van der Waals surface area contributed by atoms with Crippen LogP contribution in [0.1, 0.15) is 39.0 Å². The molecule has 0 saturated heterocycles. The van der Waals surface area contributed by atoms with Crippen LogP contribution in [0.2, 0.25) is 39.3 Å². The minimum Gasteiger partial charge on any atom is -0.481 e. The van der Waals surface area contributed by atoms with E-state index in [0.29, 0.717) is 24.4 Å². The van der Waals surface area contributed by atoms with E-state index >= 15 is 0 Å². The van der Waals surface area contributed by atoms with Crippen LogP contribution in [0.15, 0.2) is 0 Å². The van der Waals surface area contributed by atoms with E-state index in [9.17, 15) is 9.90 Å². The van der Waals surface area contributed by atoms with Crippen molar-refractivity contribution in [2.75, 3.05) is 6.61 Å². The Morgan fingerprint density at radius 1 is 1.04 bits per heavy atom. The van der Waals surface area contributed by atoms with Gasteiger partial charge in [0.05, 0.1) is 11.0 Å². The summed E-state index contributed by atoms with van der Waals surface area (Å²) in [5.74, 6) is 1.02. The zero-order chi connectivity index (χ0) is 19.5. The lowest BCUT2D eigenvalue weighted by atomic mass is 9.41. The Balaban J connectivity index is 2.05. The molecule has 0 aromatic rings. The first-order chi connectivity index (χ1) is 11.8. The number of rotatable bonds is 7. The Morgan fingerprint density at radius 3 is 2.00 bits per heavy atom. The van der Waals surface area contributed by atoms with Crippen molar-refractivity contribution in [3.63, 3.8) is 0 Å². The van der Waals surface area contributed by atoms with Gasteiger partial charge < -0.3 is 14.0 Å². The molecular weight excluding hydrogens is 360 g/mol. The predicted octanol–water partition coefficient (Wildman–Crippen LogP) is 4.98. The van der Waals surface area contributed by atoms with Gasteiger partial charge >= 0.3 is 5.97 Å². The molecule has 0 aliphatic heterocycles. The molecular formula is C20H38O4Si2. The summed E-state index contributed by atoms with van der Waals surface area (Å²) in [4.78, 5) is 12.8. The van der Waals surface area contributed by atoms with Crippen LogP contribution in [0, 0.1) is 29.1 Å². The van der Waals surface area contributed by atoms with Crippen LogP contribution in [0.25, 0.3) is 0 Å². The molecule has 1 N–H and O–H groups in total. The van der Waals surface area contributed by atoms with Crippen LogP contribution in [0.3, 0.4) is 0 Å². The van der Waals surface area contributed by atoms with E-state index in [1.165, 1.54) is 6.42 Å². The summed E-state index contributed by atoms with van der Waals surface area (Å²) < 4.78 is 13.3. The zero-order valence-corrected chi connectivity index (χ0v) is 19.7. The number of carbonyl (C=O) groups is 1. The quantitative estimate of drug-likeness (QED) is 0.615. The van der Waals surface area contributed by atoms with Gasteiger partial charge in [-0.05, 0) is 89.1 Å². The summed E-state index contributed by atoms with van der Waals surface area (Å²) >= 11 is 0. The number of hydrogen-bond acceptors (Lipinski definition) is 3. The summed E-state index contributed by atoms with van der Waals surface area (Å²) in [6.07, 6.45) is 5.13. The van der Waals surface area contributed by atoms with Crippen LogP contribution in [-0.4, -0.2) is 39.9 Å².